The highest BCUT2D eigenvalue weighted by atomic mass is 16.5. The van der Waals surface area contributed by atoms with E-state index in [-0.39, 0.29) is 0 Å². The third kappa shape index (κ3) is 3.85. The zero-order valence-corrected chi connectivity index (χ0v) is 15.4. The summed E-state index contributed by atoms with van der Waals surface area (Å²) in [5, 5.41) is 2.62. The third-order valence-electron chi connectivity index (χ3n) is 4.03. The summed E-state index contributed by atoms with van der Waals surface area (Å²) in [6.45, 7) is 2.67. The maximum atomic E-state index is 12.4. The van der Waals surface area contributed by atoms with Crippen LogP contribution in [0.25, 0.3) is 0 Å². The zero-order valence-electron chi connectivity index (χ0n) is 15.4. The van der Waals surface area contributed by atoms with Gasteiger partial charge >= 0.3 is 17.8 Å². The molecule has 1 aliphatic heterocycles. The van der Waals surface area contributed by atoms with Crippen molar-refractivity contribution in [2.24, 2.45) is 0 Å². The minimum absolute atomic E-state index is 0.377. The average Bonchev–Trinajstić information content (AvgIpc) is 2.87. The highest BCUT2D eigenvalue weighted by molar-refractivity contribution is 6.45. The molecule has 0 aliphatic carbocycles. The van der Waals surface area contributed by atoms with Gasteiger partial charge in [0.05, 0.1) is 5.69 Å². The number of carbonyl (C=O) groups excluding carboxylic acids is 4. The zero-order chi connectivity index (χ0) is 20.3. The molecule has 144 valence electrons. The van der Waals surface area contributed by atoms with Crippen molar-refractivity contribution >= 4 is 29.4 Å². The van der Waals surface area contributed by atoms with Crippen LogP contribution in [-0.2, 0) is 14.4 Å². The van der Waals surface area contributed by atoms with Gasteiger partial charge in [0.25, 0.3) is 0 Å². The number of amides is 5. The number of hydrogen-bond acceptors (Lipinski definition) is 5. The van der Waals surface area contributed by atoms with Crippen molar-refractivity contribution in [1.29, 1.82) is 0 Å². The summed E-state index contributed by atoms with van der Waals surface area (Å²) >= 11 is 0. The number of hydrogen-bond donors (Lipinski definition) is 1. The van der Waals surface area contributed by atoms with Gasteiger partial charge < -0.3 is 10.1 Å². The standard InChI is InChI=1S/C20H19N3O5/c1-13(2)23-19(26)18(25)22(20(23)27)12-17(24)21-15-10-6-7-11-16(15)28-14-8-4-3-5-9-14/h3-11,13H,12H2,1-2H3,(H,21,24). The van der Waals surface area contributed by atoms with Crippen LogP contribution in [0.4, 0.5) is 10.5 Å². The summed E-state index contributed by atoms with van der Waals surface area (Å²) in [6, 6.07) is 14.5. The molecular formula is C20H19N3O5. The Balaban J connectivity index is 1.71. The molecular weight excluding hydrogens is 362 g/mol. The molecule has 1 fully saturated rings. The highest BCUT2D eigenvalue weighted by Gasteiger charge is 2.46. The van der Waals surface area contributed by atoms with E-state index < -0.39 is 36.3 Å². The first-order chi connectivity index (χ1) is 13.4. The average molecular weight is 381 g/mol. The second-order valence-electron chi connectivity index (χ2n) is 6.40. The Morgan fingerprint density at radius 3 is 2.25 bits per heavy atom. The fraction of sp³-hybridized carbons (Fsp3) is 0.200. The van der Waals surface area contributed by atoms with Crippen LogP contribution in [0, 0.1) is 0 Å². The molecule has 5 amide bonds. The molecule has 1 N–H and O–H groups in total. The second-order valence-corrected chi connectivity index (χ2v) is 6.40. The number of rotatable bonds is 6. The molecule has 28 heavy (non-hydrogen) atoms. The molecule has 1 aliphatic rings. The molecule has 8 heteroatoms. The minimum atomic E-state index is -1.01. The van der Waals surface area contributed by atoms with E-state index in [9.17, 15) is 19.2 Å². The normalized spacial score (nSPS) is 14.0. The number of benzene rings is 2. The van der Waals surface area contributed by atoms with E-state index in [2.05, 4.69) is 5.32 Å². The largest absolute Gasteiger partial charge is 0.455 e. The second kappa shape index (κ2) is 7.91. The molecule has 0 aromatic heterocycles. The molecule has 2 aromatic carbocycles. The van der Waals surface area contributed by atoms with E-state index in [4.69, 9.17) is 4.74 Å². The number of ether oxygens (including phenoxy) is 1. The fourth-order valence-corrected chi connectivity index (χ4v) is 2.72. The van der Waals surface area contributed by atoms with Crippen molar-refractivity contribution in [3.63, 3.8) is 0 Å². The van der Waals surface area contributed by atoms with Crippen LogP contribution in [0.2, 0.25) is 0 Å². The minimum Gasteiger partial charge on any atom is -0.455 e. The number of nitrogens with zero attached hydrogens (tertiary/aromatic N) is 2. The molecule has 0 radical (unpaired) electrons. The molecule has 0 spiro atoms. The SMILES string of the molecule is CC(C)N1C(=O)C(=O)N(CC(=O)Nc2ccccc2Oc2ccccc2)C1=O. The summed E-state index contributed by atoms with van der Waals surface area (Å²) < 4.78 is 5.76. The molecule has 3 rings (SSSR count). The fourth-order valence-electron chi connectivity index (χ4n) is 2.72. The first-order valence-electron chi connectivity index (χ1n) is 8.69. The lowest BCUT2D eigenvalue weighted by Gasteiger charge is -2.18. The Kier molecular flexibility index (Phi) is 5.39. The number of urea groups is 1. The van der Waals surface area contributed by atoms with E-state index in [0.717, 1.165) is 4.90 Å². The van der Waals surface area contributed by atoms with Gasteiger partial charge in [0.15, 0.2) is 5.75 Å². The van der Waals surface area contributed by atoms with E-state index in [1.54, 1.807) is 50.2 Å². The van der Waals surface area contributed by atoms with Gasteiger partial charge in [-0.15, -0.1) is 0 Å². The topological polar surface area (TPSA) is 96.0 Å². The molecule has 0 atom stereocenters. The smallest absolute Gasteiger partial charge is 0.334 e. The molecule has 2 aromatic rings. The van der Waals surface area contributed by atoms with E-state index in [0.29, 0.717) is 22.1 Å². The van der Waals surface area contributed by atoms with Crippen LogP contribution in [0.15, 0.2) is 54.6 Å². The first kappa shape index (κ1) is 19.1. The van der Waals surface area contributed by atoms with Crippen LogP contribution >= 0.6 is 0 Å². The van der Waals surface area contributed by atoms with Gasteiger partial charge in [0.1, 0.15) is 12.3 Å². The van der Waals surface area contributed by atoms with E-state index in [1.807, 2.05) is 18.2 Å². The predicted octanol–water partition coefficient (Wildman–Crippen LogP) is 2.62. The number of para-hydroxylation sites is 3. The summed E-state index contributed by atoms with van der Waals surface area (Å²) in [4.78, 5) is 50.1. The maximum Gasteiger partial charge on any atom is 0.334 e. The molecule has 0 saturated carbocycles. The lowest BCUT2D eigenvalue weighted by Crippen LogP contribution is -2.40. The van der Waals surface area contributed by atoms with Gasteiger partial charge in [-0.3, -0.25) is 19.3 Å². The Hall–Kier alpha value is -3.68. The van der Waals surface area contributed by atoms with Crippen LogP contribution < -0.4 is 10.1 Å². The highest BCUT2D eigenvalue weighted by Crippen LogP contribution is 2.29. The van der Waals surface area contributed by atoms with Gasteiger partial charge in [-0.05, 0) is 38.1 Å². The molecule has 0 unspecified atom stereocenters. The lowest BCUT2D eigenvalue weighted by atomic mass is 10.2. The lowest BCUT2D eigenvalue weighted by molar-refractivity contribution is -0.144. The summed E-state index contributed by atoms with van der Waals surface area (Å²) in [5.74, 6) is -1.57. The quantitative estimate of drug-likeness (QED) is 0.613. The van der Waals surface area contributed by atoms with Gasteiger partial charge in [-0.1, -0.05) is 30.3 Å². The van der Waals surface area contributed by atoms with E-state index in [1.165, 1.54) is 0 Å². The Morgan fingerprint density at radius 2 is 1.61 bits per heavy atom. The van der Waals surface area contributed by atoms with Crippen molar-refractivity contribution in [3.05, 3.63) is 54.6 Å². The number of nitrogens with one attached hydrogen (secondary N) is 1. The monoisotopic (exact) mass is 381 g/mol. The summed E-state index contributed by atoms with van der Waals surface area (Å²) in [7, 11) is 0. The molecule has 1 heterocycles. The first-order valence-corrected chi connectivity index (χ1v) is 8.69. The van der Waals surface area contributed by atoms with Gasteiger partial charge in [0, 0.05) is 6.04 Å². The summed E-state index contributed by atoms with van der Waals surface area (Å²) in [6.07, 6.45) is 0. The van der Waals surface area contributed by atoms with Crippen molar-refractivity contribution in [2.45, 2.75) is 19.9 Å². The van der Waals surface area contributed by atoms with Crippen LogP contribution in [0.5, 0.6) is 11.5 Å². The Labute approximate surface area is 161 Å². The molecule has 0 bridgehead atoms. The van der Waals surface area contributed by atoms with Crippen molar-refractivity contribution in [1.82, 2.24) is 9.80 Å². The third-order valence-corrected chi connectivity index (χ3v) is 4.03. The van der Waals surface area contributed by atoms with Gasteiger partial charge in [-0.25, -0.2) is 9.69 Å². The predicted molar refractivity (Wildman–Crippen MR) is 101 cm³/mol. The van der Waals surface area contributed by atoms with Crippen LogP contribution in [-0.4, -0.2) is 46.1 Å². The van der Waals surface area contributed by atoms with Crippen LogP contribution in [0.1, 0.15) is 13.8 Å². The maximum absolute atomic E-state index is 12.4. The van der Waals surface area contributed by atoms with Gasteiger partial charge in [0.2, 0.25) is 5.91 Å². The molecule has 1 saturated heterocycles. The number of carbonyl (C=O) groups is 4. The number of anilines is 1. The van der Waals surface area contributed by atoms with Crippen molar-refractivity contribution in [2.75, 3.05) is 11.9 Å². The van der Waals surface area contributed by atoms with Gasteiger partial charge in [-0.2, -0.15) is 0 Å². The van der Waals surface area contributed by atoms with Crippen molar-refractivity contribution in [3.8, 4) is 11.5 Å². The molecule has 8 nitrogen and oxygen atoms in total. The summed E-state index contributed by atoms with van der Waals surface area (Å²) in [5.41, 5.74) is 0.377. The van der Waals surface area contributed by atoms with E-state index >= 15 is 0 Å². The van der Waals surface area contributed by atoms with Crippen LogP contribution in [0.3, 0.4) is 0 Å². The Morgan fingerprint density at radius 1 is 0.964 bits per heavy atom. The Bertz CT molecular complexity index is 926. The number of imide groups is 2. The van der Waals surface area contributed by atoms with Crippen molar-refractivity contribution < 1.29 is 23.9 Å².